The second-order valence-corrected chi connectivity index (χ2v) is 6.71. The summed E-state index contributed by atoms with van der Waals surface area (Å²) >= 11 is 0. The number of pyridine rings is 2. The topological polar surface area (TPSA) is 87.0 Å². The number of hydrogen-bond acceptors (Lipinski definition) is 6. The summed E-state index contributed by atoms with van der Waals surface area (Å²) in [6.45, 7) is 1.59. The molecule has 1 atom stereocenters. The lowest BCUT2D eigenvalue weighted by atomic mass is 10.0. The molecule has 0 bridgehead atoms. The third-order valence-corrected chi connectivity index (χ3v) is 4.77. The van der Waals surface area contributed by atoms with Crippen LogP contribution in [0.25, 0.3) is 5.65 Å². The van der Waals surface area contributed by atoms with Crippen LogP contribution < -0.4 is 14.8 Å². The number of nitrogens with zero attached hydrogens (tertiary/aromatic N) is 3. The molecule has 1 N–H and O–H groups in total. The van der Waals surface area contributed by atoms with E-state index in [0.29, 0.717) is 28.9 Å². The van der Waals surface area contributed by atoms with E-state index in [9.17, 15) is 4.79 Å². The second kappa shape index (κ2) is 7.85. The SMILES string of the molecule is COc1cccc(NC(=O)c2cn3cc(C[C@H]4CCOC4)nc3cc2OC)n1. The van der Waals surface area contributed by atoms with Crippen LogP contribution in [-0.2, 0) is 11.2 Å². The molecular weight excluding hydrogens is 360 g/mol. The lowest BCUT2D eigenvalue weighted by molar-refractivity contribution is 0.102. The Labute approximate surface area is 162 Å². The number of carbonyl (C=O) groups excluding carboxylic acids is 1. The normalized spacial score (nSPS) is 16.3. The molecule has 28 heavy (non-hydrogen) atoms. The van der Waals surface area contributed by atoms with Crippen molar-refractivity contribution in [3.05, 3.63) is 47.9 Å². The zero-order chi connectivity index (χ0) is 19.5. The maximum absolute atomic E-state index is 12.8. The Morgan fingerprint density at radius 3 is 2.93 bits per heavy atom. The summed E-state index contributed by atoms with van der Waals surface area (Å²) in [6.07, 6.45) is 5.59. The summed E-state index contributed by atoms with van der Waals surface area (Å²) in [5.41, 5.74) is 2.11. The number of aromatic nitrogens is 3. The van der Waals surface area contributed by atoms with Gasteiger partial charge in [0, 0.05) is 37.7 Å². The van der Waals surface area contributed by atoms with E-state index in [1.807, 2.05) is 10.6 Å². The van der Waals surface area contributed by atoms with E-state index in [-0.39, 0.29) is 5.91 Å². The molecule has 8 nitrogen and oxygen atoms in total. The van der Waals surface area contributed by atoms with Crippen molar-refractivity contribution in [3.63, 3.8) is 0 Å². The fourth-order valence-electron chi connectivity index (χ4n) is 3.33. The standard InChI is InChI=1S/C20H22N4O4/c1-26-16-9-18-21-14(8-13-6-7-28-12-13)10-24(18)11-15(16)20(25)23-17-4-3-5-19(22-17)27-2/h3-5,9-11,13H,6-8,12H2,1-2H3,(H,22,23,25)/t13-/m1/s1. The van der Waals surface area contributed by atoms with Crippen molar-refractivity contribution in [2.45, 2.75) is 12.8 Å². The first-order valence-corrected chi connectivity index (χ1v) is 9.12. The van der Waals surface area contributed by atoms with Crippen molar-refractivity contribution in [2.75, 3.05) is 32.8 Å². The molecular formula is C20H22N4O4. The van der Waals surface area contributed by atoms with Crippen molar-refractivity contribution in [1.82, 2.24) is 14.4 Å². The molecule has 0 spiro atoms. The van der Waals surface area contributed by atoms with Gasteiger partial charge in [-0.3, -0.25) is 4.79 Å². The number of amides is 1. The van der Waals surface area contributed by atoms with Crippen LogP contribution in [0.2, 0.25) is 0 Å². The Hall–Kier alpha value is -3.13. The highest BCUT2D eigenvalue weighted by molar-refractivity contribution is 6.05. The molecule has 4 heterocycles. The summed E-state index contributed by atoms with van der Waals surface area (Å²) in [4.78, 5) is 21.7. The lowest BCUT2D eigenvalue weighted by Crippen LogP contribution is -2.15. The average molecular weight is 382 g/mol. The van der Waals surface area contributed by atoms with E-state index >= 15 is 0 Å². The van der Waals surface area contributed by atoms with Crippen LogP contribution in [0.15, 0.2) is 36.7 Å². The Morgan fingerprint density at radius 1 is 1.29 bits per heavy atom. The molecule has 0 unspecified atom stereocenters. The summed E-state index contributed by atoms with van der Waals surface area (Å²) in [5.74, 6) is 1.45. The molecule has 0 saturated carbocycles. The van der Waals surface area contributed by atoms with E-state index in [2.05, 4.69) is 15.3 Å². The van der Waals surface area contributed by atoms with Gasteiger partial charge in [-0.1, -0.05) is 6.07 Å². The fraction of sp³-hybridized carbons (Fsp3) is 0.350. The van der Waals surface area contributed by atoms with Gasteiger partial charge in [-0.25, -0.2) is 4.98 Å². The van der Waals surface area contributed by atoms with Gasteiger partial charge in [0.2, 0.25) is 5.88 Å². The highest BCUT2D eigenvalue weighted by Crippen LogP contribution is 2.24. The predicted octanol–water partition coefficient (Wildman–Crippen LogP) is 2.58. The highest BCUT2D eigenvalue weighted by atomic mass is 16.5. The van der Waals surface area contributed by atoms with E-state index in [1.165, 1.54) is 14.2 Å². The van der Waals surface area contributed by atoms with E-state index in [4.69, 9.17) is 14.2 Å². The molecule has 0 radical (unpaired) electrons. The molecule has 3 aromatic rings. The smallest absolute Gasteiger partial charge is 0.262 e. The summed E-state index contributed by atoms with van der Waals surface area (Å²) in [5, 5.41) is 2.78. The first-order valence-electron chi connectivity index (χ1n) is 9.12. The Morgan fingerprint density at radius 2 is 2.18 bits per heavy atom. The minimum Gasteiger partial charge on any atom is -0.496 e. The van der Waals surface area contributed by atoms with Crippen molar-refractivity contribution >= 4 is 17.4 Å². The number of rotatable bonds is 6. The maximum Gasteiger partial charge on any atom is 0.262 e. The van der Waals surface area contributed by atoms with Crippen LogP contribution in [0.1, 0.15) is 22.5 Å². The molecule has 0 aliphatic carbocycles. The number of nitrogens with one attached hydrogen (secondary N) is 1. The van der Waals surface area contributed by atoms with E-state index in [1.54, 1.807) is 30.5 Å². The van der Waals surface area contributed by atoms with E-state index in [0.717, 1.165) is 37.4 Å². The van der Waals surface area contributed by atoms with Crippen molar-refractivity contribution < 1.29 is 19.0 Å². The molecule has 3 aromatic heterocycles. The molecule has 146 valence electrons. The molecule has 4 rings (SSSR count). The third-order valence-electron chi connectivity index (χ3n) is 4.77. The van der Waals surface area contributed by atoms with Crippen LogP contribution in [-0.4, -0.2) is 47.7 Å². The molecule has 1 amide bonds. The number of anilines is 1. The van der Waals surface area contributed by atoms with E-state index < -0.39 is 0 Å². The van der Waals surface area contributed by atoms with Crippen LogP contribution in [0.4, 0.5) is 5.82 Å². The summed E-state index contributed by atoms with van der Waals surface area (Å²) < 4.78 is 17.8. The maximum atomic E-state index is 12.8. The van der Waals surface area contributed by atoms with Crippen molar-refractivity contribution in [3.8, 4) is 11.6 Å². The zero-order valence-electron chi connectivity index (χ0n) is 15.8. The average Bonchev–Trinajstić information content (AvgIpc) is 3.36. The number of methoxy groups -OCH3 is 2. The fourth-order valence-corrected chi connectivity index (χ4v) is 3.33. The number of imidazole rings is 1. The predicted molar refractivity (Wildman–Crippen MR) is 103 cm³/mol. The first kappa shape index (κ1) is 18.2. The molecule has 1 saturated heterocycles. The Balaban J connectivity index is 1.60. The number of fused-ring (bicyclic) bond motifs is 1. The van der Waals surface area contributed by atoms with Gasteiger partial charge in [0.25, 0.3) is 5.91 Å². The van der Waals surface area contributed by atoms with Crippen molar-refractivity contribution in [2.24, 2.45) is 5.92 Å². The van der Waals surface area contributed by atoms with Crippen molar-refractivity contribution in [1.29, 1.82) is 0 Å². The van der Waals surface area contributed by atoms with Gasteiger partial charge in [0.15, 0.2) is 0 Å². The molecule has 8 heteroatoms. The Bertz CT molecular complexity index is 995. The molecule has 1 aliphatic heterocycles. The van der Waals surface area contributed by atoms with Gasteiger partial charge < -0.3 is 23.9 Å². The first-order chi connectivity index (χ1) is 13.7. The number of hydrogen-bond donors (Lipinski definition) is 1. The monoisotopic (exact) mass is 382 g/mol. The van der Waals surface area contributed by atoms with Gasteiger partial charge in [-0.2, -0.15) is 4.98 Å². The van der Waals surface area contributed by atoms with Crippen LogP contribution in [0.5, 0.6) is 11.6 Å². The summed E-state index contributed by atoms with van der Waals surface area (Å²) in [6, 6.07) is 6.94. The van der Waals surface area contributed by atoms with Crippen LogP contribution in [0, 0.1) is 5.92 Å². The van der Waals surface area contributed by atoms with Crippen LogP contribution >= 0.6 is 0 Å². The van der Waals surface area contributed by atoms with Gasteiger partial charge in [0.1, 0.15) is 17.2 Å². The van der Waals surface area contributed by atoms with Gasteiger partial charge in [-0.15, -0.1) is 0 Å². The second-order valence-electron chi connectivity index (χ2n) is 6.71. The molecule has 0 aromatic carbocycles. The number of ether oxygens (including phenoxy) is 3. The Kier molecular flexibility index (Phi) is 5.12. The largest absolute Gasteiger partial charge is 0.496 e. The quantitative estimate of drug-likeness (QED) is 0.705. The minimum atomic E-state index is -0.320. The van der Waals surface area contributed by atoms with Gasteiger partial charge in [-0.05, 0) is 24.8 Å². The molecule has 1 fully saturated rings. The lowest BCUT2D eigenvalue weighted by Gasteiger charge is -2.10. The van der Waals surface area contributed by atoms with Crippen LogP contribution in [0.3, 0.4) is 0 Å². The van der Waals surface area contributed by atoms with Gasteiger partial charge >= 0.3 is 0 Å². The zero-order valence-corrected chi connectivity index (χ0v) is 15.8. The minimum absolute atomic E-state index is 0.320. The highest BCUT2D eigenvalue weighted by Gasteiger charge is 2.19. The summed E-state index contributed by atoms with van der Waals surface area (Å²) in [7, 11) is 3.06. The molecule has 1 aliphatic rings. The van der Waals surface area contributed by atoms with Gasteiger partial charge in [0.05, 0.1) is 25.5 Å². The number of carbonyl (C=O) groups is 1. The third kappa shape index (κ3) is 3.77.